The van der Waals surface area contributed by atoms with Crippen LogP contribution in [0.1, 0.15) is 6.42 Å². The smallest absolute Gasteiger partial charge is 0.200 e. The predicted octanol–water partition coefficient (Wildman–Crippen LogP) is 0.139. The van der Waals surface area contributed by atoms with E-state index in [4.69, 9.17) is 4.74 Å². The fourth-order valence-electron chi connectivity index (χ4n) is 3.13. The summed E-state index contributed by atoms with van der Waals surface area (Å²) in [4.78, 5) is 2.58. The molecule has 0 aliphatic carbocycles. The molecule has 4 rings (SSSR count). The van der Waals surface area contributed by atoms with Crippen molar-refractivity contribution in [2.24, 2.45) is 0 Å². The van der Waals surface area contributed by atoms with Crippen molar-refractivity contribution in [3.8, 4) is 0 Å². The van der Waals surface area contributed by atoms with Gasteiger partial charge in [0.2, 0.25) is 0 Å². The van der Waals surface area contributed by atoms with Crippen LogP contribution in [0.5, 0.6) is 0 Å². The Morgan fingerprint density at radius 1 is 1.32 bits per heavy atom. The number of thioether (sulfide) groups is 1. The van der Waals surface area contributed by atoms with Crippen molar-refractivity contribution < 1.29 is 4.74 Å². The van der Waals surface area contributed by atoms with Gasteiger partial charge in [0, 0.05) is 30.9 Å². The van der Waals surface area contributed by atoms with Crippen LogP contribution in [0.15, 0.2) is 12.1 Å². The lowest BCUT2D eigenvalue weighted by Gasteiger charge is -2.43. The zero-order chi connectivity index (χ0) is 14.8. The third kappa shape index (κ3) is 2.64. The standard InChI is InChI=1S/C13H19N7OS/c1-2-12-15-17-18-20(12)16-11(1)14-9-13(3-8-22-10-13)19-4-6-21-7-5-19/h1-2H,3-10H2,(H,14,16). The monoisotopic (exact) mass is 321 g/mol. The second kappa shape index (κ2) is 5.98. The van der Waals surface area contributed by atoms with Crippen molar-refractivity contribution in [2.45, 2.75) is 12.0 Å². The average Bonchev–Trinajstić information content (AvgIpc) is 3.23. The van der Waals surface area contributed by atoms with Crippen LogP contribution < -0.4 is 5.32 Å². The Kier molecular flexibility index (Phi) is 3.85. The first-order valence-electron chi connectivity index (χ1n) is 7.56. The summed E-state index contributed by atoms with van der Waals surface area (Å²) in [6.07, 6.45) is 1.21. The molecule has 1 N–H and O–H groups in total. The van der Waals surface area contributed by atoms with Gasteiger partial charge in [-0.1, -0.05) is 0 Å². The number of morpholine rings is 1. The van der Waals surface area contributed by atoms with E-state index >= 15 is 0 Å². The van der Waals surface area contributed by atoms with Crippen LogP contribution in [0, 0.1) is 0 Å². The second-order valence-electron chi connectivity index (χ2n) is 5.73. The van der Waals surface area contributed by atoms with Gasteiger partial charge in [-0.05, 0) is 34.7 Å². The van der Waals surface area contributed by atoms with E-state index in [0.717, 1.165) is 44.4 Å². The molecule has 0 saturated carbocycles. The summed E-state index contributed by atoms with van der Waals surface area (Å²) in [6.45, 7) is 4.59. The van der Waals surface area contributed by atoms with Crippen LogP contribution in [-0.4, -0.2) is 80.0 Å². The van der Waals surface area contributed by atoms with E-state index < -0.39 is 0 Å². The molecule has 2 aliphatic rings. The lowest BCUT2D eigenvalue weighted by Crippen LogP contribution is -2.57. The number of rotatable bonds is 4. The predicted molar refractivity (Wildman–Crippen MR) is 84.1 cm³/mol. The molecule has 2 aromatic heterocycles. The van der Waals surface area contributed by atoms with Gasteiger partial charge >= 0.3 is 0 Å². The van der Waals surface area contributed by atoms with Crippen LogP contribution in [0.3, 0.4) is 0 Å². The van der Waals surface area contributed by atoms with Gasteiger partial charge < -0.3 is 10.1 Å². The molecule has 4 heterocycles. The quantitative estimate of drug-likeness (QED) is 0.852. The summed E-state index contributed by atoms with van der Waals surface area (Å²) in [5.41, 5.74) is 0.857. The third-order valence-electron chi connectivity index (χ3n) is 4.43. The molecule has 0 bridgehead atoms. The minimum absolute atomic E-state index is 0.200. The fraction of sp³-hybridized carbons (Fsp3) is 0.692. The number of aromatic nitrogens is 5. The molecule has 118 valence electrons. The van der Waals surface area contributed by atoms with Crippen LogP contribution >= 0.6 is 11.8 Å². The Balaban J connectivity index is 1.49. The fourth-order valence-corrected chi connectivity index (χ4v) is 4.61. The van der Waals surface area contributed by atoms with Crippen molar-refractivity contribution in [2.75, 3.05) is 49.7 Å². The molecule has 8 nitrogen and oxygen atoms in total. The van der Waals surface area contributed by atoms with E-state index in [2.05, 4.69) is 30.8 Å². The molecule has 0 radical (unpaired) electrons. The summed E-state index contributed by atoms with van der Waals surface area (Å²) in [5, 5.41) is 19.2. The lowest BCUT2D eigenvalue weighted by molar-refractivity contribution is -0.00923. The third-order valence-corrected chi connectivity index (χ3v) is 5.67. The Morgan fingerprint density at radius 2 is 2.23 bits per heavy atom. The molecule has 0 spiro atoms. The van der Waals surface area contributed by atoms with E-state index in [-0.39, 0.29) is 5.54 Å². The molecule has 2 aromatic rings. The molecule has 0 aromatic carbocycles. The Bertz CT molecular complexity index is 636. The van der Waals surface area contributed by atoms with Gasteiger partial charge in [-0.2, -0.15) is 11.8 Å². The number of anilines is 1. The maximum absolute atomic E-state index is 5.50. The number of ether oxygens (including phenoxy) is 1. The minimum Gasteiger partial charge on any atom is -0.379 e. The molecule has 1 unspecified atom stereocenters. The largest absolute Gasteiger partial charge is 0.379 e. The maximum Gasteiger partial charge on any atom is 0.200 e. The van der Waals surface area contributed by atoms with Crippen molar-refractivity contribution in [1.29, 1.82) is 0 Å². The number of nitrogens with zero attached hydrogens (tertiary/aromatic N) is 6. The number of nitrogens with one attached hydrogen (secondary N) is 1. The molecule has 22 heavy (non-hydrogen) atoms. The van der Waals surface area contributed by atoms with Crippen molar-refractivity contribution in [1.82, 2.24) is 30.2 Å². The Hall–Kier alpha value is -1.45. The maximum atomic E-state index is 5.50. The zero-order valence-electron chi connectivity index (χ0n) is 12.3. The molecule has 2 saturated heterocycles. The number of fused-ring (bicyclic) bond motifs is 1. The second-order valence-corrected chi connectivity index (χ2v) is 6.83. The highest BCUT2D eigenvalue weighted by atomic mass is 32.2. The van der Waals surface area contributed by atoms with E-state index in [9.17, 15) is 0 Å². The van der Waals surface area contributed by atoms with Gasteiger partial charge in [-0.3, -0.25) is 4.90 Å². The number of hydrogen-bond donors (Lipinski definition) is 1. The van der Waals surface area contributed by atoms with Gasteiger partial charge in [-0.15, -0.1) is 14.8 Å². The van der Waals surface area contributed by atoms with Crippen LogP contribution in [-0.2, 0) is 4.74 Å². The summed E-state index contributed by atoms with van der Waals surface area (Å²) < 4.78 is 6.95. The van der Waals surface area contributed by atoms with Crippen molar-refractivity contribution >= 4 is 23.2 Å². The summed E-state index contributed by atoms with van der Waals surface area (Å²) in [7, 11) is 0. The van der Waals surface area contributed by atoms with E-state index in [1.807, 2.05) is 23.9 Å². The molecular weight excluding hydrogens is 302 g/mol. The zero-order valence-corrected chi connectivity index (χ0v) is 13.1. The average molecular weight is 321 g/mol. The minimum atomic E-state index is 0.200. The number of hydrogen-bond acceptors (Lipinski definition) is 8. The Morgan fingerprint density at radius 3 is 3.05 bits per heavy atom. The summed E-state index contributed by atoms with van der Waals surface area (Å²) in [5.74, 6) is 3.19. The van der Waals surface area contributed by atoms with Crippen LogP contribution in [0.25, 0.3) is 5.65 Å². The first-order chi connectivity index (χ1) is 10.9. The Labute approximate surface area is 132 Å². The lowest BCUT2D eigenvalue weighted by atomic mass is 9.95. The SMILES string of the molecule is c1cc2nnnn2nc1NCC1(N2CCOCC2)CCSC1. The van der Waals surface area contributed by atoms with Gasteiger partial charge in [-0.25, -0.2) is 0 Å². The molecule has 9 heteroatoms. The van der Waals surface area contributed by atoms with Gasteiger partial charge in [0.05, 0.1) is 13.2 Å². The highest BCUT2D eigenvalue weighted by Crippen LogP contribution is 2.34. The molecule has 0 amide bonds. The van der Waals surface area contributed by atoms with Crippen LogP contribution in [0.2, 0.25) is 0 Å². The van der Waals surface area contributed by atoms with Gasteiger partial charge in [0.1, 0.15) is 5.82 Å². The summed E-state index contributed by atoms with van der Waals surface area (Å²) in [6, 6.07) is 3.81. The highest BCUT2D eigenvalue weighted by Gasteiger charge is 2.40. The molecular formula is C13H19N7OS. The van der Waals surface area contributed by atoms with Gasteiger partial charge in [0.15, 0.2) is 5.65 Å². The molecule has 2 aliphatic heterocycles. The first-order valence-corrected chi connectivity index (χ1v) is 8.71. The molecule has 1 atom stereocenters. The van der Waals surface area contributed by atoms with Gasteiger partial charge in [0.25, 0.3) is 0 Å². The number of tetrazole rings is 1. The van der Waals surface area contributed by atoms with E-state index in [0.29, 0.717) is 5.65 Å². The van der Waals surface area contributed by atoms with Crippen molar-refractivity contribution in [3.63, 3.8) is 0 Å². The first kappa shape index (κ1) is 14.2. The van der Waals surface area contributed by atoms with Crippen LogP contribution in [0.4, 0.5) is 5.82 Å². The van der Waals surface area contributed by atoms with Crippen molar-refractivity contribution in [3.05, 3.63) is 12.1 Å². The van der Waals surface area contributed by atoms with E-state index in [1.165, 1.54) is 16.8 Å². The summed E-state index contributed by atoms with van der Waals surface area (Å²) >= 11 is 2.03. The van der Waals surface area contributed by atoms with E-state index in [1.54, 1.807) is 0 Å². The highest BCUT2D eigenvalue weighted by molar-refractivity contribution is 7.99. The normalized spacial score (nSPS) is 26.5. The molecule has 2 fully saturated rings. The topological polar surface area (TPSA) is 80.5 Å².